The number of rotatable bonds is 3. The van der Waals surface area contributed by atoms with Crippen molar-refractivity contribution in [1.29, 1.82) is 0 Å². The maximum Gasteiger partial charge on any atom is 0.263 e. The molecule has 0 radical (unpaired) electrons. The Labute approximate surface area is 149 Å². The Morgan fingerprint density at radius 3 is 2.48 bits per heavy atom. The van der Waals surface area contributed by atoms with Crippen molar-refractivity contribution >= 4 is 5.91 Å². The third-order valence-electron chi connectivity index (χ3n) is 5.13. The molecule has 2 aliphatic rings. The van der Waals surface area contributed by atoms with Crippen LogP contribution in [0.1, 0.15) is 17.5 Å². The molecule has 4 rings (SSSR count). The van der Waals surface area contributed by atoms with E-state index in [2.05, 4.69) is 35.2 Å². The molecule has 1 unspecified atom stereocenters. The lowest BCUT2D eigenvalue weighted by Gasteiger charge is -2.37. The van der Waals surface area contributed by atoms with Crippen molar-refractivity contribution in [3.63, 3.8) is 0 Å². The Morgan fingerprint density at radius 2 is 1.68 bits per heavy atom. The van der Waals surface area contributed by atoms with Crippen LogP contribution in [0.5, 0.6) is 5.75 Å². The van der Waals surface area contributed by atoms with E-state index in [1.807, 2.05) is 29.2 Å². The SMILES string of the molecule is O=C(C1CCc2ccccc2O1)N1CCN(Cc2ccccc2)CC1. The number of hydrogen-bond acceptors (Lipinski definition) is 3. The first kappa shape index (κ1) is 16.2. The molecule has 0 saturated carbocycles. The lowest BCUT2D eigenvalue weighted by atomic mass is 10.0. The van der Waals surface area contributed by atoms with Crippen LogP contribution in [0.2, 0.25) is 0 Å². The fraction of sp³-hybridized carbons (Fsp3) is 0.381. The van der Waals surface area contributed by atoms with Gasteiger partial charge < -0.3 is 9.64 Å². The number of amides is 1. The van der Waals surface area contributed by atoms with Gasteiger partial charge in [0, 0.05) is 32.7 Å². The fourth-order valence-electron chi connectivity index (χ4n) is 3.67. The molecule has 0 bridgehead atoms. The summed E-state index contributed by atoms with van der Waals surface area (Å²) in [7, 11) is 0. The molecule has 0 spiro atoms. The molecule has 130 valence electrons. The number of benzene rings is 2. The Bertz CT molecular complexity index is 724. The Morgan fingerprint density at radius 1 is 0.960 bits per heavy atom. The van der Waals surface area contributed by atoms with Crippen molar-refractivity contribution < 1.29 is 9.53 Å². The normalized spacial score (nSPS) is 20.6. The Kier molecular flexibility index (Phi) is 4.70. The van der Waals surface area contributed by atoms with Crippen LogP contribution in [0.25, 0.3) is 0 Å². The van der Waals surface area contributed by atoms with Crippen molar-refractivity contribution in [3.05, 3.63) is 65.7 Å². The predicted molar refractivity (Wildman–Crippen MR) is 97.5 cm³/mol. The van der Waals surface area contributed by atoms with Crippen LogP contribution in [0.3, 0.4) is 0 Å². The maximum absolute atomic E-state index is 12.8. The second kappa shape index (κ2) is 7.28. The fourth-order valence-corrected chi connectivity index (χ4v) is 3.67. The van der Waals surface area contributed by atoms with Gasteiger partial charge in [0.1, 0.15) is 5.75 Å². The molecule has 1 atom stereocenters. The number of hydrogen-bond donors (Lipinski definition) is 0. The summed E-state index contributed by atoms with van der Waals surface area (Å²) in [5.74, 6) is 1.02. The number of ether oxygens (including phenoxy) is 1. The minimum Gasteiger partial charge on any atom is -0.480 e. The van der Waals surface area contributed by atoms with Gasteiger partial charge in [-0.25, -0.2) is 0 Å². The molecule has 0 N–H and O–H groups in total. The summed E-state index contributed by atoms with van der Waals surface area (Å²) in [4.78, 5) is 17.2. The topological polar surface area (TPSA) is 32.8 Å². The third-order valence-corrected chi connectivity index (χ3v) is 5.13. The number of aryl methyl sites for hydroxylation is 1. The maximum atomic E-state index is 12.8. The van der Waals surface area contributed by atoms with E-state index in [4.69, 9.17) is 4.74 Å². The molecule has 4 nitrogen and oxygen atoms in total. The molecule has 25 heavy (non-hydrogen) atoms. The van der Waals surface area contributed by atoms with Crippen LogP contribution in [-0.4, -0.2) is 48.0 Å². The van der Waals surface area contributed by atoms with E-state index in [0.29, 0.717) is 0 Å². The lowest BCUT2D eigenvalue weighted by Crippen LogP contribution is -2.52. The number of carbonyl (C=O) groups excluding carboxylic acids is 1. The first-order valence-electron chi connectivity index (χ1n) is 9.09. The molecular weight excluding hydrogens is 312 g/mol. The molecule has 2 heterocycles. The summed E-state index contributed by atoms with van der Waals surface area (Å²) >= 11 is 0. The highest BCUT2D eigenvalue weighted by Crippen LogP contribution is 2.28. The summed E-state index contributed by atoms with van der Waals surface area (Å²) in [6.45, 7) is 4.37. The number of para-hydroxylation sites is 1. The zero-order chi connectivity index (χ0) is 17.1. The molecule has 1 amide bonds. The van der Waals surface area contributed by atoms with E-state index in [0.717, 1.165) is 51.3 Å². The summed E-state index contributed by atoms with van der Waals surface area (Å²) in [6, 6.07) is 18.5. The van der Waals surface area contributed by atoms with Crippen LogP contribution < -0.4 is 4.74 Å². The van der Waals surface area contributed by atoms with Crippen LogP contribution >= 0.6 is 0 Å². The van der Waals surface area contributed by atoms with Crippen molar-refractivity contribution in [3.8, 4) is 5.75 Å². The molecule has 1 fully saturated rings. The van der Waals surface area contributed by atoms with Gasteiger partial charge in [-0.05, 0) is 30.0 Å². The molecule has 2 aliphatic heterocycles. The van der Waals surface area contributed by atoms with Gasteiger partial charge in [-0.2, -0.15) is 0 Å². The highest BCUT2D eigenvalue weighted by atomic mass is 16.5. The minimum absolute atomic E-state index is 0.147. The summed E-state index contributed by atoms with van der Waals surface area (Å²) in [5.41, 5.74) is 2.54. The largest absolute Gasteiger partial charge is 0.480 e. The molecule has 2 aromatic carbocycles. The van der Waals surface area contributed by atoms with E-state index >= 15 is 0 Å². The summed E-state index contributed by atoms with van der Waals surface area (Å²) < 4.78 is 5.96. The van der Waals surface area contributed by atoms with Crippen molar-refractivity contribution in [2.45, 2.75) is 25.5 Å². The Hall–Kier alpha value is -2.33. The monoisotopic (exact) mass is 336 g/mol. The summed E-state index contributed by atoms with van der Waals surface area (Å²) in [6.07, 6.45) is 1.37. The zero-order valence-electron chi connectivity index (χ0n) is 14.4. The predicted octanol–water partition coefficient (Wildman–Crippen LogP) is 2.72. The first-order chi connectivity index (χ1) is 12.3. The van der Waals surface area contributed by atoms with Gasteiger partial charge in [0.2, 0.25) is 0 Å². The van der Waals surface area contributed by atoms with E-state index < -0.39 is 0 Å². The molecule has 1 saturated heterocycles. The average molecular weight is 336 g/mol. The van der Waals surface area contributed by atoms with Gasteiger partial charge in [-0.1, -0.05) is 48.5 Å². The second-order valence-corrected chi connectivity index (χ2v) is 6.84. The first-order valence-corrected chi connectivity index (χ1v) is 9.09. The van der Waals surface area contributed by atoms with E-state index in [1.54, 1.807) is 0 Å². The number of nitrogens with zero attached hydrogens (tertiary/aromatic N) is 2. The van der Waals surface area contributed by atoms with Gasteiger partial charge in [0.25, 0.3) is 5.91 Å². The quantitative estimate of drug-likeness (QED) is 0.864. The van der Waals surface area contributed by atoms with Gasteiger partial charge in [-0.15, -0.1) is 0 Å². The highest BCUT2D eigenvalue weighted by Gasteiger charge is 2.31. The van der Waals surface area contributed by atoms with E-state index in [9.17, 15) is 4.79 Å². The standard InChI is InChI=1S/C21H24N2O2/c24-21(20-11-10-18-8-4-5-9-19(18)25-20)23-14-12-22(13-15-23)16-17-6-2-1-3-7-17/h1-9,20H,10-16H2. The molecule has 2 aromatic rings. The lowest BCUT2D eigenvalue weighted by molar-refractivity contribution is -0.141. The number of fused-ring (bicyclic) bond motifs is 1. The van der Waals surface area contributed by atoms with E-state index in [-0.39, 0.29) is 12.0 Å². The van der Waals surface area contributed by atoms with Crippen LogP contribution in [0, 0.1) is 0 Å². The highest BCUT2D eigenvalue weighted by molar-refractivity contribution is 5.81. The van der Waals surface area contributed by atoms with Gasteiger partial charge in [-0.3, -0.25) is 9.69 Å². The summed E-state index contributed by atoms with van der Waals surface area (Å²) in [5, 5.41) is 0. The second-order valence-electron chi connectivity index (χ2n) is 6.84. The van der Waals surface area contributed by atoms with Crippen molar-refractivity contribution in [1.82, 2.24) is 9.80 Å². The molecular formula is C21H24N2O2. The van der Waals surface area contributed by atoms with Crippen molar-refractivity contribution in [2.24, 2.45) is 0 Å². The van der Waals surface area contributed by atoms with Crippen LogP contribution in [0.15, 0.2) is 54.6 Å². The molecule has 0 aliphatic carbocycles. The molecule has 4 heteroatoms. The Balaban J connectivity index is 1.31. The average Bonchev–Trinajstić information content (AvgIpc) is 2.68. The van der Waals surface area contributed by atoms with Crippen LogP contribution in [0.4, 0.5) is 0 Å². The van der Waals surface area contributed by atoms with Crippen molar-refractivity contribution in [2.75, 3.05) is 26.2 Å². The third kappa shape index (κ3) is 3.69. The van der Waals surface area contributed by atoms with Gasteiger partial charge in [0.15, 0.2) is 6.10 Å². The van der Waals surface area contributed by atoms with Gasteiger partial charge in [0.05, 0.1) is 0 Å². The van der Waals surface area contributed by atoms with E-state index in [1.165, 1.54) is 11.1 Å². The zero-order valence-corrected chi connectivity index (χ0v) is 14.4. The minimum atomic E-state index is -0.324. The van der Waals surface area contributed by atoms with Gasteiger partial charge >= 0.3 is 0 Å². The van der Waals surface area contributed by atoms with Crippen LogP contribution in [-0.2, 0) is 17.8 Å². The number of carbonyl (C=O) groups is 1. The molecule has 0 aromatic heterocycles. The number of piperazine rings is 1. The smallest absolute Gasteiger partial charge is 0.263 e.